The highest BCUT2D eigenvalue weighted by atomic mass is 16.5. The number of hydrogen-bond acceptors (Lipinski definition) is 2. The van der Waals surface area contributed by atoms with Gasteiger partial charge < -0.3 is 9.84 Å². The number of aryl methyl sites for hydroxylation is 2. The predicted octanol–water partition coefficient (Wildman–Crippen LogP) is 3.69. The van der Waals surface area contributed by atoms with Crippen LogP contribution in [-0.4, -0.2) is 17.8 Å². The number of aliphatic hydroxyl groups is 1. The highest BCUT2D eigenvalue weighted by molar-refractivity contribution is 5.35. The molecule has 1 N–H and O–H groups in total. The Morgan fingerprint density at radius 3 is 2.67 bits per heavy atom. The third-order valence-corrected chi connectivity index (χ3v) is 3.90. The molecule has 1 aromatic rings. The maximum Gasteiger partial charge on any atom is 0.0795 e. The lowest BCUT2D eigenvalue weighted by Crippen LogP contribution is -2.07. The van der Waals surface area contributed by atoms with Gasteiger partial charge in [0.2, 0.25) is 0 Å². The zero-order valence-corrected chi connectivity index (χ0v) is 11.5. The van der Waals surface area contributed by atoms with E-state index in [2.05, 4.69) is 26.0 Å². The van der Waals surface area contributed by atoms with E-state index in [1.807, 2.05) is 6.07 Å². The largest absolute Gasteiger partial charge is 0.388 e. The molecule has 1 fully saturated rings. The Labute approximate surface area is 110 Å². The molecule has 2 unspecified atom stereocenters. The Kier molecular flexibility index (Phi) is 4.79. The highest BCUT2D eigenvalue weighted by Crippen LogP contribution is 2.27. The van der Waals surface area contributed by atoms with Crippen LogP contribution in [0.25, 0.3) is 0 Å². The smallest absolute Gasteiger partial charge is 0.0795 e. The molecule has 1 aromatic carbocycles. The fourth-order valence-corrected chi connectivity index (χ4v) is 2.91. The van der Waals surface area contributed by atoms with Crippen molar-refractivity contribution in [2.24, 2.45) is 0 Å². The van der Waals surface area contributed by atoms with Crippen molar-refractivity contribution in [1.82, 2.24) is 0 Å². The van der Waals surface area contributed by atoms with Crippen LogP contribution < -0.4 is 0 Å². The Hall–Kier alpha value is -0.860. The summed E-state index contributed by atoms with van der Waals surface area (Å²) in [7, 11) is 0. The summed E-state index contributed by atoms with van der Waals surface area (Å²) in [5.74, 6) is 0. The molecule has 1 aliphatic heterocycles. The number of benzene rings is 1. The van der Waals surface area contributed by atoms with Crippen LogP contribution >= 0.6 is 0 Å². The summed E-state index contributed by atoms with van der Waals surface area (Å²) in [5, 5.41) is 10.3. The van der Waals surface area contributed by atoms with E-state index < -0.39 is 0 Å². The number of rotatable bonds is 5. The fraction of sp³-hybridized carbons (Fsp3) is 0.625. The van der Waals surface area contributed by atoms with Crippen molar-refractivity contribution in [3.63, 3.8) is 0 Å². The molecule has 18 heavy (non-hydrogen) atoms. The summed E-state index contributed by atoms with van der Waals surface area (Å²) in [6.45, 7) is 5.07. The molecule has 0 radical (unpaired) electrons. The van der Waals surface area contributed by atoms with Crippen molar-refractivity contribution >= 4 is 0 Å². The predicted molar refractivity (Wildman–Crippen MR) is 73.7 cm³/mol. The molecule has 0 aromatic heterocycles. The van der Waals surface area contributed by atoms with Crippen LogP contribution in [0.5, 0.6) is 0 Å². The summed E-state index contributed by atoms with van der Waals surface area (Å²) in [5.41, 5.74) is 3.50. The van der Waals surface area contributed by atoms with Crippen molar-refractivity contribution in [1.29, 1.82) is 0 Å². The minimum absolute atomic E-state index is 0.326. The molecule has 1 aliphatic rings. The van der Waals surface area contributed by atoms with Crippen molar-refractivity contribution in [3.05, 3.63) is 34.9 Å². The second-order valence-electron chi connectivity index (χ2n) is 5.39. The molecule has 1 saturated heterocycles. The number of aliphatic hydroxyl groups excluding tert-OH is 1. The van der Waals surface area contributed by atoms with E-state index in [9.17, 15) is 5.11 Å². The van der Waals surface area contributed by atoms with Crippen molar-refractivity contribution in [2.45, 2.75) is 58.2 Å². The van der Waals surface area contributed by atoms with Crippen LogP contribution in [0.2, 0.25) is 0 Å². The maximum absolute atomic E-state index is 10.3. The van der Waals surface area contributed by atoms with Gasteiger partial charge in [0.1, 0.15) is 0 Å². The van der Waals surface area contributed by atoms with E-state index in [4.69, 9.17) is 4.74 Å². The Balaban J connectivity index is 1.85. The molecular weight excluding hydrogens is 224 g/mol. The third kappa shape index (κ3) is 3.33. The van der Waals surface area contributed by atoms with Gasteiger partial charge in [0.05, 0.1) is 12.2 Å². The van der Waals surface area contributed by atoms with Gasteiger partial charge in [-0.1, -0.05) is 18.2 Å². The van der Waals surface area contributed by atoms with Crippen LogP contribution in [0.4, 0.5) is 0 Å². The van der Waals surface area contributed by atoms with Crippen LogP contribution in [-0.2, 0) is 4.74 Å². The first-order valence-electron chi connectivity index (χ1n) is 7.04. The van der Waals surface area contributed by atoms with Gasteiger partial charge in [0.15, 0.2) is 0 Å². The quantitative estimate of drug-likeness (QED) is 0.861. The van der Waals surface area contributed by atoms with Gasteiger partial charge in [0, 0.05) is 6.61 Å². The van der Waals surface area contributed by atoms with Gasteiger partial charge in [-0.15, -0.1) is 0 Å². The lowest BCUT2D eigenvalue weighted by Gasteiger charge is -2.17. The molecule has 2 atom stereocenters. The van der Waals surface area contributed by atoms with Gasteiger partial charge in [-0.2, -0.15) is 0 Å². The van der Waals surface area contributed by atoms with E-state index in [1.54, 1.807) is 0 Å². The Morgan fingerprint density at radius 1 is 1.33 bits per heavy atom. The highest BCUT2D eigenvalue weighted by Gasteiger charge is 2.17. The molecule has 0 amide bonds. The van der Waals surface area contributed by atoms with Gasteiger partial charge in [-0.3, -0.25) is 0 Å². The monoisotopic (exact) mass is 248 g/mol. The SMILES string of the molecule is Cc1cccc(C)c1C(O)CCCC1CCCO1. The third-order valence-electron chi connectivity index (χ3n) is 3.90. The molecule has 2 heteroatoms. The van der Waals surface area contributed by atoms with Crippen molar-refractivity contribution in [3.8, 4) is 0 Å². The summed E-state index contributed by atoms with van der Waals surface area (Å²) in [6.07, 6.45) is 5.47. The zero-order valence-electron chi connectivity index (χ0n) is 11.5. The average Bonchev–Trinajstić information content (AvgIpc) is 2.82. The molecule has 0 saturated carbocycles. The van der Waals surface area contributed by atoms with E-state index in [0.29, 0.717) is 6.10 Å². The molecule has 1 heterocycles. The molecule has 100 valence electrons. The van der Waals surface area contributed by atoms with E-state index in [-0.39, 0.29) is 6.10 Å². The minimum atomic E-state index is -0.326. The first kappa shape index (κ1) is 13.6. The second-order valence-corrected chi connectivity index (χ2v) is 5.39. The summed E-state index contributed by atoms with van der Waals surface area (Å²) >= 11 is 0. The standard InChI is InChI=1S/C16H24O2/c1-12-6-3-7-13(2)16(12)15(17)10-4-8-14-9-5-11-18-14/h3,6-7,14-15,17H,4-5,8-11H2,1-2H3. The van der Waals surface area contributed by atoms with Crippen LogP contribution in [0, 0.1) is 13.8 Å². The molecule has 2 rings (SSSR count). The summed E-state index contributed by atoms with van der Waals surface area (Å²) in [6, 6.07) is 6.20. The molecule has 0 spiro atoms. The second kappa shape index (κ2) is 6.35. The molecule has 2 nitrogen and oxygen atoms in total. The van der Waals surface area contributed by atoms with Gasteiger partial charge >= 0.3 is 0 Å². The molecule has 0 aliphatic carbocycles. The lowest BCUT2D eigenvalue weighted by molar-refractivity contribution is 0.0943. The summed E-state index contributed by atoms with van der Waals surface area (Å²) in [4.78, 5) is 0. The fourth-order valence-electron chi connectivity index (χ4n) is 2.91. The van der Waals surface area contributed by atoms with Gasteiger partial charge in [0.25, 0.3) is 0 Å². The molecule has 0 bridgehead atoms. The zero-order chi connectivity index (χ0) is 13.0. The first-order chi connectivity index (χ1) is 8.68. The van der Waals surface area contributed by atoms with Gasteiger partial charge in [-0.05, 0) is 62.6 Å². The maximum atomic E-state index is 10.3. The lowest BCUT2D eigenvalue weighted by atomic mass is 9.94. The van der Waals surface area contributed by atoms with Crippen LogP contribution in [0.1, 0.15) is 54.9 Å². The number of hydrogen-bond donors (Lipinski definition) is 1. The van der Waals surface area contributed by atoms with Crippen LogP contribution in [0.15, 0.2) is 18.2 Å². The normalized spacial score (nSPS) is 21.2. The van der Waals surface area contributed by atoms with Crippen molar-refractivity contribution < 1.29 is 9.84 Å². The van der Waals surface area contributed by atoms with Crippen LogP contribution in [0.3, 0.4) is 0 Å². The average molecular weight is 248 g/mol. The first-order valence-corrected chi connectivity index (χ1v) is 7.04. The minimum Gasteiger partial charge on any atom is -0.388 e. The Morgan fingerprint density at radius 2 is 2.06 bits per heavy atom. The van der Waals surface area contributed by atoms with Crippen molar-refractivity contribution in [2.75, 3.05) is 6.61 Å². The summed E-state index contributed by atoms with van der Waals surface area (Å²) < 4.78 is 5.61. The van der Waals surface area contributed by atoms with E-state index in [1.165, 1.54) is 24.0 Å². The van der Waals surface area contributed by atoms with Gasteiger partial charge in [-0.25, -0.2) is 0 Å². The molecular formula is C16H24O2. The number of ether oxygens (including phenoxy) is 1. The van der Waals surface area contributed by atoms with E-state index in [0.717, 1.165) is 31.4 Å². The topological polar surface area (TPSA) is 29.5 Å². The Bertz CT molecular complexity index is 360. The van der Waals surface area contributed by atoms with E-state index >= 15 is 0 Å².